The molecule has 0 radical (unpaired) electrons. The summed E-state index contributed by atoms with van der Waals surface area (Å²) in [5.41, 5.74) is 7.01. The first kappa shape index (κ1) is 25.1. The maximum absolute atomic E-state index is 6.11. The van der Waals surface area contributed by atoms with Crippen LogP contribution in [0, 0.1) is 0 Å². The summed E-state index contributed by atoms with van der Waals surface area (Å²) in [6, 6.07) is 48.1. The molecule has 4 heteroatoms. The molecule has 0 aliphatic carbocycles. The number of hydrogen-bond donors (Lipinski definition) is 0. The van der Waals surface area contributed by atoms with E-state index in [0.29, 0.717) is 5.88 Å². The minimum atomic E-state index is 0.558. The summed E-state index contributed by atoms with van der Waals surface area (Å²) in [6.07, 6.45) is 3.37. The van der Waals surface area contributed by atoms with Crippen molar-refractivity contribution in [3.05, 3.63) is 146 Å². The average Bonchev–Trinajstić information content (AvgIpc) is 3.10. The van der Waals surface area contributed by atoms with Crippen LogP contribution in [0.5, 0.6) is 11.6 Å². The smallest absolute Gasteiger partial charge is 0.252 e. The Bertz CT molecular complexity index is 2380. The van der Waals surface area contributed by atoms with Crippen molar-refractivity contribution in [3.63, 3.8) is 0 Å². The summed E-state index contributed by atoms with van der Waals surface area (Å²) >= 11 is 1.61. The highest BCUT2D eigenvalue weighted by molar-refractivity contribution is 7.99. The summed E-state index contributed by atoms with van der Waals surface area (Å²) in [7, 11) is 0. The summed E-state index contributed by atoms with van der Waals surface area (Å²) in [4.78, 5) is 9.89. The zero-order valence-corrected chi connectivity index (χ0v) is 24.4. The number of rotatable bonds is 3. The molecule has 9 rings (SSSR count). The summed E-state index contributed by atoms with van der Waals surface area (Å²) in [5, 5.41) is 8.52. The third kappa shape index (κ3) is 4.07. The second kappa shape index (κ2) is 10.1. The van der Waals surface area contributed by atoms with Gasteiger partial charge in [0.25, 0.3) is 5.88 Å². The fourth-order valence-corrected chi connectivity index (χ4v) is 7.41. The molecule has 0 unspecified atom stereocenters. The number of nitrogens with zero attached hydrogens (tertiary/aromatic N) is 2. The Kier molecular flexibility index (Phi) is 5.75. The molecule has 0 saturated carbocycles. The van der Waals surface area contributed by atoms with Crippen molar-refractivity contribution in [1.82, 2.24) is 9.97 Å². The quantitative estimate of drug-likeness (QED) is 0.195. The zero-order valence-electron chi connectivity index (χ0n) is 23.6. The molecule has 3 nitrogen and oxygen atoms in total. The molecule has 0 bridgehead atoms. The standard InChI is InChI=1S/C40H24N2OS/c1-2-14-33-31(12-1)32-13-3-4-15-34(32)36-24-28(18-19-35(33)36)26-9-5-8-25(22-26)27-10-6-11-29(23-27)30-16-7-17-37-38(30)44-40-39(43-37)41-20-21-42-40/h1-24H. The number of benzene rings is 7. The molecule has 0 amide bonds. The third-order valence-corrected chi connectivity index (χ3v) is 9.56. The number of ether oxygens (including phenoxy) is 1. The van der Waals surface area contributed by atoms with E-state index in [1.165, 1.54) is 54.6 Å². The van der Waals surface area contributed by atoms with E-state index in [4.69, 9.17) is 4.74 Å². The van der Waals surface area contributed by atoms with Gasteiger partial charge in [-0.25, -0.2) is 9.97 Å². The van der Waals surface area contributed by atoms with Gasteiger partial charge in [0.1, 0.15) is 5.75 Å². The van der Waals surface area contributed by atoms with Gasteiger partial charge in [0.05, 0.1) is 4.90 Å². The van der Waals surface area contributed by atoms with E-state index in [2.05, 4.69) is 131 Å². The minimum absolute atomic E-state index is 0.558. The predicted molar refractivity (Wildman–Crippen MR) is 181 cm³/mol. The summed E-state index contributed by atoms with van der Waals surface area (Å²) in [6.45, 7) is 0. The first-order chi connectivity index (χ1) is 21.8. The maximum Gasteiger partial charge on any atom is 0.252 e. The van der Waals surface area contributed by atoms with Crippen molar-refractivity contribution < 1.29 is 4.74 Å². The molecular weight excluding hydrogens is 557 g/mol. The highest BCUT2D eigenvalue weighted by Crippen LogP contribution is 2.49. The lowest BCUT2D eigenvalue weighted by molar-refractivity contribution is 0.429. The Hall–Kier alpha value is -5.45. The topological polar surface area (TPSA) is 35.0 Å². The fraction of sp³-hybridized carbons (Fsp3) is 0. The zero-order chi connectivity index (χ0) is 29.0. The highest BCUT2D eigenvalue weighted by Gasteiger charge is 2.23. The molecule has 2 heterocycles. The molecule has 0 fully saturated rings. The Labute approximate surface area is 258 Å². The van der Waals surface area contributed by atoms with Crippen LogP contribution < -0.4 is 4.74 Å². The second-order valence-corrected chi connectivity index (χ2v) is 12.0. The van der Waals surface area contributed by atoms with Crippen LogP contribution in [0.15, 0.2) is 156 Å². The van der Waals surface area contributed by atoms with Gasteiger partial charge < -0.3 is 4.74 Å². The van der Waals surface area contributed by atoms with Crippen LogP contribution in [0.3, 0.4) is 0 Å². The van der Waals surface area contributed by atoms with Crippen molar-refractivity contribution in [1.29, 1.82) is 0 Å². The molecule has 0 N–H and O–H groups in total. The molecule has 1 aliphatic heterocycles. The Balaban J connectivity index is 1.13. The molecular formula is C40H24N2OS. The van der Waals surface area contributed by atoms with E-state index >= 15 is 0 Å². The van der Waals surface area contributed by atoms with Gasteiger partial charge in [-0.1, -0.05) is 121 Å². The van der Waals surface area contributed by atoms with Gasteiger partial charge in [0, 0.05) is 12.4 Å². The lowest BCUT2D eigenvalue weighted by Gasteiger charge is -2.20. The molecule has 1 aromatic heterocycles. The monoisotopic (exact) mass is 580 g/mol. The lowest BCUT2D eigenvalue weighted by Crippen LogP contribution is -2.00. The maximum atomic E-state index is 6.11. The van der Waals surface area contributed by atoms with E-state index in [9.17, 15) is 0 Å². The third-order valence-electron chi connectivity index (χ3n) is 8.46. The highest BCUT2D eigenvalue weighted by atomic mass is 32.2. The van der Waals surface area contributed by atoms with Crippen LogP contribution in [0.25, 0.3) is 65.7 Å². The van der Waals surface area contributed by atoms with Crippen molar-refractivity contribution in [2.75, 3.05) is 0 Å². The summed E-state index contributed by atoms with van der Waals surface area (Å²) in [5.74, 6) is 1.37. The van der Waals surface area contributed by atoms with Crippen LogP contribution in [-0.2, 0) is 0 Å². The SMILES string of the molecule is c1cc(-c2cccc(-c3cccc4c3Sc3nccnc3O4)c2)cc(-c2ccc3c4ccccc4c4ccccc4c3c2)c1. The fourth-order valence-electron chi connectivity index (χ4n) is 6.41. The van der Waals surface area contributed by atoms with Gasteiger partial charge in [-0.05, 0) is 90.0 Å². The van der Waals surface area contributed by atoms with E-state index in [0.717, 1.165) is 26.8 Å². The van der Waals surface area contributed by atoms with E-state index < -0.39 is 0 Å². The number of fused-ring (bicyclic) bond motifs is 8. The Morgan fingerprint density at radius 1 is 0.432 bits per heavy atom. The van der Waals surface area contributed by atoms with E-state index in [1.807, 2.05) is 12.1 Å². The molecule has 0 spiro atoms. The van der Waals surface area contributed by atoms with Gasteiger partial charge in [-0.2, -0.15) is 0 Å². The minimum Gasteiger partial charge on any atom is -0.435 e. The molecule has 206 valence electrons. The van der Waals surface area contributed by atoms with Gasteiger partial charge in [0.15, 0.2) is 5.03 Å². The molecule has 7 aromatic carbocycles. The number of aromatic nitrogens is 2. The molecule has 44 heavy (non-hydrogen) atoms. The predicted octanol–water partition coefficient (Wildman–Crippen LogP) is 11.2. The van der Waals surface area contributed by atoms with Crippen molar-refractivity contribution >= 4 is 44.1 Å². The first-order valence-corrected chi connectivity index (χ1v) is 15.5. The first-order valence-electron chi connectivity index (χ1n) is 14.6. The Morgan fingerprint density at radius 2 is 0.977 bits per heavy atom. The molecule has 0 atom stereocenters. The van der Waals surface area contributed by atoms with Crippen molar-refractivity contribution in [2.45, 2.75) is 9.92 Å². The largest absolute Gasteiger partial charge is 0.435 e. The van der Waals surface area contributed by atoms with E-state index in [-0.39, 0.29) is 0 Å². The Morgan fingerprint density at radius 3 is 1.68 bits per heavy atom. The van der Waals surface area contributed by atoms with Gasteiger partial charge >= 0.3 is 0 Å². The van der Waals surface area contributed by atoms with Gasteiger partial charge in [-0.15, -0.1) is 0 Å². The van der Waals surface area contributed by atoms with E-state index in [1.54, 1.807) is 24.2 Å². The van der Waals surface area contributed by atoms with Crippen LogP contribution in [-0.4, -0.2) is 9.97 Å². The normalized spacial score (nSPS) is 12.2. The van der Waals surface area contributed by atoms with Crippen molar-refractivity contribution in [3.8, 4) is 45.0 Å². The van der Waals surface area contributed by atoms with Crippen LogP contribution in [0.2, 0.25) is 0 Å². The summed E-state index contributed by atoms with van der Waals surface area (Å²) < 4.78 is 6.11. The average molecular weight is 581 g/mol. The lowest BCUT2D eigenvalue weighted by atomic mass is 9.91. The van der Waals surface area contributed by atoms with Crippen LogP contribution in [0.4, 0.5) is 0 Å². The molecule has 0 saturated heterocycles. The molecule has 1 aliphatic rings. The van der Waals surface area contributed by atoms with Gasteiger partial charge in [0.2, 0.25) is 0 Å². The van der Waals surface area contributed by atoms with Crippen molar-refractivity contribution in [2.24, 2.45) is 0 Å². The number of hydrogen-bond acceptors (Lipinski definition) is 4. The van der Waals surface area contributed by atoms with Crippen LogP contribution in [0.1, 0.15) is 0 Å². The molecule has 8 aromatic rings. The van der Waals surface area contributed by atoms with Crippen LogP contribution >= 0.6 is 11.8 Å². The second-order valence-electron chi connectivity index (χ2n) is 11.0. The van der Waals surface area contributed by atoms with Gasteiger partial charge in [-0.3, -0.25) is 0 Å².